The fourth-order valence-corrected chi connectivity index (χ4v) is 18.2. The molecule has 6 nitrogen and oxygen atoms in total. The van der Waals surface area contributed by atoms with E-state index < -0.39 is 30.6 Å². The zero-order valence-corrected chi connectivity index (χ0v) is 41.6. The average molecular weight is 821 g/mol. The maximum atomic E-state index is 13.8. The third-order valence-electron chi connectivity index (χ3n) is 14.0. The molecule has 2 rings (SSSR count). The molecule has 7 atom stereocenters. The molecule has 0 aromatic carbocycles. The first kappa shape index (κ1) is 50.3. The topological polar surface area (TPSA) is 66.5 Å². The van der Waals surface area contributed by atoms with Crippen molar-refractivity contribution < 1.29 is 27.5 Å². The van der Waals surface area contributed by atoms with Crippen LogP contribution >= 0.6 is 0 Å². The molecule has 0 radical (unpaired) electrons. The fourth-order valence-electron chi connectivity index (χ4n) is 9.24. The Bertz CT molecular complexity index is 1200. The molecule has 0 aromatic heterocycles. The molecule has 2 aliphatic heterocycles. The smallest absolute Gasteiger partial charge is 0.309 e. The van der Waals surface area contributed by atoms with E-state index in [9.17, 15) is 4.79 Å². The summed E-state index contributed by atoms with van der Waals surface area (Å²) in [6, 6.07) is 10.0. The second-order valence-corrected chi connectivity index (χ2v) is 32.1. The van der Waals surface area contributed by atoms with Crippen LogP contribution in [0.5, 0.6) is 0 Å². The van der Waals surface area contributed by atoms with E-state index in [2.05, 4.69) is 134 Å². The highest BCUT2D eigenvalue weighted by atomic mass is 28.4. The first-order valence-corrected chi connectivity index (χ1v) is 30.5. The number of esters is 1. The molecular weight excluding hydrogens is 733 g/mol. The molecular formula is C46H88O6Si3. The van der Waals surface area contributed by atoms with Crippen LogP contribution in [0.1, 0.15) is 149 Å². The molecule has 0 aliphatic carbocycles. The van der Waals surface area contributed by atoms with Gasteiger partial charge in [-0.2, -0.15) is 0 Å². The average Bonchev–Trinajstić information content (AvgIpc) is 3.94. The SMILES string of the molecule is CC[C@H](O[Si](CC)(CC)CC)[C@@H](C)[C@H]1O[C@@H]1C[C@](C)(/C=C/C=C(\C)C1OC(=O)CC(O[Si](CC)(CC)CC)CCCC/C=C/C1(C)C)O[Si](CC)(CC)CC. The Morgan fingerprint density at radius 2 is 1.45 bits per heavy atom. The maximum absolute atomic E-state index is 13.8. The summed E-state index contributed by atoms with van der Waals surface area (Å²) in [5.74, 6) is 0.183. The lowest BCUT2D eigenvalue weighted by molar-refractivity contribution is -0.153. The van der Waals surface area contributed by atoms with Crippen molar-refractivity contribution in [1.82, 2.24) is 0 Å². The molecule has 0 amide bonds. The molecule has 2 heterocycles. The van der Waals surface area contributed by atoms with Gasteiger partial charge in [0.05, 0.1) is 30.3 Å². The van der Waals surface area contributed by atoms with Crippen LogP contribution in [0.15, 0.2) is 36.0 Å². The normalized spacial score (nSPS) is 26.1. The fraction of sp³-hybridized carbons (Fsp3) is 0.848. The van der Waals surface area contributed by atoms with Gasteiger partial charge in [0.1, 0.15) is 6.10 Å². The van der Waals surface area contributed by atoms with Crippen LogP contribution in [0, 0.1) is 11.3 Å². The Morgan fingerprint density at radius 3 is 1.98 bits per heavy atom. The van der Waals surface area contributed by atoms with Gasteiger partial charge in [-0.3, -0.25) is 4.79 Å². The monoisotopic (exact) mass is 821 g/mol. The Kier molecular flexibility index (Phi) is 21.1. The first-order valence-electron chi connectivity index (χ1n) is 22.9. The van der Waals surface area contributed by atoms with Crippen LogP contribution in [0.3, 0.4) is 0 Å². The van der Waals surface area contributed by atoms with E-state index in [1.165, 1.54) is 18.1 Å². The zero-order chi connectivity index (χ0) is 41.5. The van der Waals surface area contributed by atoms with E-state index in [0.717, 1.165) is 80.4 Å². The number of carbonyl (C=O) groups is 1. The largest absolute Gasteiger partial charge is 0.457 e. The van der Waals surface area contributed by atoms with Crippen molar-refractivity contribution in [2.75, 3.05) is 0 Å². The molecule has 1 saturated heterocycles. The Morgan fingerprint density at radius 1 is 0.891 bits per heavy atom. The molecule has 0 aromatic rings. The summed E-state index contributed by atoms with van der Waals surface area (Å²) in [7, 11) is -5.54. The maximum Gasteiger partial charge on any atom is 0.309 e. The standard InChI is InChI=1S/C46H88O6Si3/c1-16-40(51-54(20-5,21-6)22-7)38(12)43-41(48-43)36-46(15,52-55(23-8,24-9)25-10)34-30-31-37(11)44-45(13,14)33-29-27-26-28-32-39(35-42(47)49-44)50-53(17-2,18-3)19-4/h29-31,33-34,38-41,43-44H,16-28,32,35-36H2,1-15H3/b33-29+,34-30+,37-31+/t38-,39?,40+,41-,43-,44?,46+/m1/s1. The van der Waals surface area contributed by atoms with Gasteiger partial charge in [0.15, 0.2) is 25.0 Å². The summed E-state index contributed by atoms with van der Waals surface area (Å²) in [6.07, 6.45) is 17.5. The molecule has 1 fully saturated rings. The molecule has 0 spiro atoms. The van der Waals surface area contributed by atoms with Crippen molar-refractivity contribution in [2.45, 2.75) is 239 Å². The van der Waals surface area contributed by atoms with Gasteiger partial charge in [-0.1, -0.05) is 127 Å². The summed E-state index contributed by atoms with van der Waals surface area (Å²) in [4.78, 5) is 13.8. The predicted octanol–water partition coefficient (Wildman–Crippen LogP) is 13.7. The van der Waals surface area contributed by atoms with E-state index >= 15 is 0 Å². The molecule has 2 unspecified atom stereocenters. The summed E-state index contributed by atoms with van der Waals surface area (Å²) >= 11 is 0. The minimum atomic E-state index is -1.96. The van der Waals surface area contributed by atoms with Gasteiger partial charge in [-0.25, -0.2) is 0 Å². The van der Waals surface area contributed by atoms with Gasteiger partial charge in [-0.15, -0.1) is 0 Å². The minimum Gasteiger partial charge on any atom is -0.457 e. The van der Waals surface area contributed by atoms with Crippen molar-refractivity contribution in [3.63, 3.8) is 0 Å². The molecule has 320 valence electrons. The van der Waals surface area contributed by atoms with Crippen molar-refractivity contribution in [2.24, 2.45) is 11.3 Å². The molecule has 0 bridgehead atoms. The summed E-state index contributed by atoms with van der Waals surface area (Å²) in [5, 5.41) is 0. The summed E-state index contributed by atoms with van der Waals surface area (Å²) < 4.78 is 34.3. The van der Waals surface area contributed by atoms with Crippen LogP contribution < -0.4 is 0 Å². The van der Waals surface area contributed by atoms with Gasteiger partial charge in [0, 0.05) is 23.9 Å². The van der Waals surface area contributed by atoms with Crippen LogP contribution in [-0.2, 0) is 27.5 Å². The third-order valence-corrected chi connectivity index (χ3v) is 28.2. The van der Waals surface area contributed by atoms with Crippen LogP contribution in [0.2, 0.25) is 54.4 Å². The lowest BCUT2D eigenvalue weighted by Crippen LogP contribution is -2.46. The molecule has 0 saturated carbocycles. The molecule has 2 aliphatic rings. The summed E-state index contributed by atoms with van der Waals surface area (Å²) in [6.45, 7) is 34.0. The summed E-state index contributed by atoms with van der Waals surface area (Å²) in [5.41, 5.74) is 0.201. The van der Waals surface area contributed by atoms with E-state index in [1.807, 2.05) is 0 Å². The lowest BCUT2D eigenvalue weighted by atomic mass is 9.81. The number of cyclic esters (lactones) is 1. The van der Waals surface area contributed by atoms with Gasteiger partial charge >= 0.3 is 5.97 Å². The quantitative estimate of drug-likeness (QED) is 0.0336. The number of rotatable bonds is 23. The lowest BCUT2D eigenvalue weighted by Gasteiger charge is -2.39. The number of epoxide rings is 1. The van der Waals surface area contributed by atoms with E-state index in [0.29, 0.717) is 12.3 Å². The van der Waals surface area contributed by atoms with E-state index in [-0.39, 0.29) is 41.9 Å². The number of allylic oxidation sites excluding steroid dienone is 3. The second-order valence-electron chi connectivity index (χ2n) is 18.0. The molecule has 9 heteroatoms. The van der Waals surface area contributed by atoms with E-state index in [1.54, 1.807) is 0 Å². The van der Waals surface area contributed by atoms with Crippen LogP contribution in [0.4, 0.5) is 0 Å². The Balaban J connectivity index is 2.40. The van der Waals surface area contributed by atoms with Crippen molar-refractivity contribution in [3.8, 4) is 0 Å². The predicted molar refractivity (Wildman–Crippen MR) is 242 cm³/mol. The number of hydrogen-bond donors (Lipinski definition) is 0. The Labute approximate surface area is 343 Å². The van der Waals surface area contributed by atoms with Gasteiger partial charge in [0.2, 0.25) is 0 Å². The highest BCUT2D eigenvalue weighted by Gasteiger charge is 2.50. The first-order chi connectivity index (χ1) is 26.0. The van der Waals surface area contributed by atoms with Crippen molar-refractivity contribution >= 4 is 30.9 Å². The third kappa shape index (κ3) is 14.5. The van der Waals surface area contributed by atoms with Gasteiger partial charge < -0.3 is 22.8 Å². The minimum absolute atomic E-state index is 0.0711. The Hall–Kier alpha value is -0.819. The van der Waals surface area contributed by atoms with Crippen LogP contribution in [0.25, 0.3) is 0 Å². The van der Waals surface area contributed by atoms with Gasteiger partial charge in [-0.05, 0) is 99.5 Å². The molecule has 0 N–H and O–H groups in total. The molecule has 55 heavy (non-hydrogen) atoms. The number of hydrogen-bond acceptors (Lipinski definition) is 6. The number of carbonyl (C=O) groups excluding carboxylic acids is 1. The number of ether oxygens (including phenoxy) is 2. The zero-order valence-electron chi connectivity index (χ0n) is 38.6. The highest BCUT2D eigenvalue weighted by molar-refractivity contribution is 6.74. The van der Waals surface area contributed by atoms with Crippen molar-refractivity contribution in [1.29, 1.82) is 0 Å². The van der Waals surface area contributed by atoms with Crippen LogP contribution in [-0.4, -0.2) is 67.0 Å². The van der Waals surface area contributed by atoms with Crippen molar-refractivity contribution in [3.05, 3.63) is 36.0 Å². The van der Waals surface area contributed by atoms with Gasteiger partial charge in [0.25, 0.3) is 0 Å². The van der Waals surface area contributed by atoms with E-state index in [4.69, 9.17) is 22.8 Å². The second kappa shape index (κ2) is 23.1. The highest BCUT2D eigenvalue weighted by Crippen LogP contribution is 2.43.